The Morgan fingerprint density at radius 1 is 1.26 bits per heavy atom. The van der Waals surface area contributed by atoms with Crippen molar-refractivity contribution in [3.8, 4) is 0 Å². The molecule has 0 aliphatic carbocycles. The van der Waals surface area contributed by atoms with Crippen molar-refractivity contribution in [3.05, 3.63) is 54.5 Å². The van der Waals surface area contributed by atoms with E-state index >= 15 is 0 Å². The van der Waals surface area contributed by atoms with Crippen LogP contribution in [0.2, 0.25) is 0 Å². The minimum Gasteiger partial charge on any atom is -0.395 e. The van der Waals surface area contributed by atoms with Crippen LogP contribution >= 0.6 is 0 Å². The summed E-state index contributed by atoms with van der Waals surface area (Å²) in [4.78, 5) is 14.2. The monoisotopic (exact) mass is 311 g/mol. The molecule has 0 aliphatic heterocycles. The second-order valence-electron chi connectivity index (χ2n) is 5.16. The fourth-order valence-electron chi connectivity index (χ4n) is 2.24. The molecule has 3 aromatic rings. The SMILES string of the molecule is CN(CCO)c1ccc(NC(=O)c2ccc3nncn3c2)cc1. The number of anilines is 2. The van der Waals surface area contributed by atoms with E-state index in [0.29, 0.717) is 23.4 Å². The summed E-state index contributed by atoms with van der Waals surface area (Å²) in [6, 6.07) is 10.9. The lowest BCUT2D eigenvalue weighted by molar-refractivity contribution is 0.102. The zero-order chi connectivity index (χ0) is 16.2. The van der Waals surface area contributed by atoms with Crippen LogP contribution in [0.15, 0.2) is 48.9 Å². The highest BCUT2D eigenvalue weighted by Gasteiger charge is 2.08. The first-order valence-corrected chi connectivity index (χ1v) is 7.20. The largest absolute Gasteiger partial charge is 0.395 e. The average molecular weight is 311 g/mol. The lowest BCUT2D eigenvalue weighted by atomic mass is 10.2. The maximum Gasteiger partial charge on any atom is 0.257 e. The highest BCUT2D eigenvalue weighted by molar-refractivity contribution is 6.04. The molecule has 0 spiro atoms. The number of amides is 1. The molecule has 118 valence electrons. The van der Waals surface area contributed by atoms with Crippen molar-refractivity contribution < 1.29 is 9.90 Å². The standard InChI is InChI=1S/C16H17N5O2/c1-20(8-9-22)14-5-3-13(4-6-14)18-16(23)12-2-7-15-19-17-11-21(15)10-12/h2-7,10-11,22H,8-9H2,1H3,(H,18,23). The third kappa shape index (κ3) is 3.29. The quantitative estimate of drug-likeness (QED) is 0.744. The van der Waals surface area contributed by atoms with Gasteiger partial charge in [0.25, 0.3) is 5.91 Å². The van der Waals surface area contributed by atoms with Gasteiger partial charge < -0.3 is 15.3 Å². The number of hydrogen-bond donors (Lipinski definition) is 2. The molecule has 0 bridgehead atoms. The van der Waals surface area contributed by atoms with E-state index in [1.54, 1.807) is 29.1 Å². The Hall–Kier alpha value is -2.93. The van der Waals surface area contributed by atoms with Gasteiger partial charge in [0.2, 0.25) is 0 Å². The van der Waals surface area contributed by atoms with Crippen LogP contribution in [0.5, 0.6) is 0 Å². The molecule has 2 N–H and O–H groups in total. The zero-order valence-corrected chi connectivity index (χ0v) is 12.7. The molecule has 7 heteroatoms. The first-order valence-electron chi connectivity index (χ1n) is 7.20. The van der Waals surface area contributed by atoms with Crippen molar-refractivity contribution in [2.24, 2.45) is 0 Å². The van der Waals surface area contributed by atoms with Crippen LogP contribution in [0, 0.1) is 0 Å². The molecule has 0 aliphatic rings. The molecular formula is C16H17N5O2. The van der Waals surface area contributed by atoms with E-state index in [0.717, 1.165) is 5.69 Å². The van der Waals surface area contributed by atoms with Gasteiger partial charge in [-0.25, -0.2) is 0 Å². The van der Waals surface area contributed by atoms with E-state index in [1.807, 2.05) is 36.2 Å². The highest BCUT2D eigenvalue weighted by atomic mass is 16.3. The van der Waals surface area contributed by atoms with Gasteiger partial charge >= 0.3 is 0 Å². The van der Waals surface area contributed by atoms with Crippen molar-refractivity contribution in [3.63, 3.8) is 0 Å². The molecule has 2 aromatic heterocycles. The molecule has 0 saturated carbocycles. The van der Waals surface area contributed by atoms with Crippen molar-refractivity contribution in [1.29, 1.82) is 0 Å². The predicted molar refractivity (Wildman–Crippen MR) is 87.7 cm³/mol. The number of nitrogens with zero attached hydrogens (tertiary/aromatic N) is 4. The van der Waals surface area contributed by atoms with Crippen molar-refractivity contribution in [2.75, 3.05) is 30.4 Å². The van der Waals surface area contributed by atoms with Gasteiger partial charge in [-0.15, -0.1) is 10.2 Å². The van der Waals surface area contributed by atoms with E-state index < -0.39 is 0 Å². The summed E-state index contributed by atoms with van der Waals surface area (Å²) in [6.07, 6.45) is 3.24. The number of rotatable bonds is 5. The number of carbonyl (C=O) groups excluding carboxylic acids is 1. The van der Waals surface area contributed by atoms with Crippen molar-refractivity contribution in [1.82, 2.24) is 14.6 Å². The number of fused-ring (bicyclic) bond motifs is 1. The normalized spacial score (nSPS) is 10.7. The van der Waals surface area contributed by atoms with E-state index in [1.165, 1.54) is 0 Å². The molecule has 1 amide bonds. The van der Waals surface area contributed by atoms with Gasteiger partial charge in [-0.1, -0.05) is 0 Å². The summed E-state index contributed by atoms with van der Waals surface area (Å²) in [7, 11) is 1.90. The molecule has 7 nitrogen and oxygen atoms in total. The number of pyridine rings is 1. The second kappa shape index (κ2) is 6.45. The third-order valence-electron chi connectivity index (χ3n) is 3.55. The number of hydrogen-bond acceptors (Lipinski definition) is 5. The molecule has 0 unspecified atom stereocenters. The molecule has 1 aromatic carbocycles. The maximum atomic E-state index is 12.3. The van der Waals surface area contributed by atoms with Gasteiger partial charge in [0.15, 0.2) is 5.65 Å². The Labute approximate surface area is 133 Å². The summed E-state index contributed by atoms with van der Waals surface area (Å²) in [6.45, 7) is 0.658. The fraction of sp³-hybridized carbons (Fsp3) is 0.188. The summed E-state index contributed by atoms with van der Waals surface area (Å²) in [5.74, 6) is -0.197. The van der Waals surface area contributed by atoms with E-state index in [2.05, 4.69) is 15.5 Å². The van der Waals surface area contributed by atoms with Crippen LogP contribution < -0.4 is 10.2 Å². The smallest absolute Gasteiger partial charge is 0.257 e. The van der Waals surface area contributed by atoms with E-state index in [-0.39, 0.29) is 12.5 Å². The Kier molecular flexibility index (Phi) is 4.20. The lowest BCUT2D eigenvalue weighted by Gasteiger charge is -2.18. The van der Waals surface area contributed by atoms with Gasteiger partial charge in [0.1, 0.15) is 6.33 Å². The first kappa shape index (κ1) is 15.0. The Morgan fingerprint density at radius 3 is 2.78 bits per heavy atom. The number of carbonyl (C=O) groups is 1. The molecule has 3 rings (SSSR count). The number of nitrogens with one attached hydrogen (secondary N) is 1. The number of likely N-dealkylation sites (N-methyl/N-ethyl adjacent to an activating group) is 1. The highest BCUT2D eigenvalue weighted by Crippen LogP contribution is 2.17. The van der Waals surface area contributed by atoms with Crippen LogP contribution in [0.25, 0.3) is 5.65 Å². The van der Waals surface area contributed by atoms with Crippen molar-refractivity contribution >= 4 is 22.9 Å². The fourth-order valence-corrected chi connectivity index (χ4v) is 2.24. The number of benzene rings is 1. The Bertz CT molecular complexity index is 813. The number of aromatic nitrogens is 3. The molecule has 0 radical (unpaired) electrons. The van der Waals surface area contributed by atoms with Crippen LogP contribution in [0.1, 0.15) is 10.4 Å². The van der Waals surface area contributed by atoms with Gasteiger partial charge in [-0.2, -0.15) is 0 Å². The second-order valence-corrected chi connectivity index (χ2v) is 5.16. The van der Waals surface area contributed by atoms with Crippen molar-refractivity contribution in [2.45, 2.75) is 0 Å². The molecule has 23 heavy (non-hydrogen) atoms. The lowest BCUT2D eigenvalue weighted by Crippen LogP contribution is -2.21. The molecule has 2 heterocycles. The molecule has 0 saturated heterocycles. The average Bonchev–Trinajstić information content (AvgIpc) is 3.03. The molecule has 0 fully saturated rings. The Balaban J connectivity index is 1.71. The maximum absolute atomic E-state index is 12.3. The van der Waals surface area contributed by atoms with E-state index in [4.69, 9.17) is 5.11 Å². The Morgan fingerprint density at radius 2 is 2.04 bits per heavy atom. The van der Waals surface area contributed by atoms with Crippen LogP contribution in [0.3, 0.4) is 0 Å². The van der Waals surface area contributed by atoms with Gasteiger partial charge in [-0.05, 0) is 36.4 Å². The van der Waals surface area contributed by atoms with Crippen LogP contribution in [-0.2, 0) is 0 Å². The number of aliphatic hydroxyl groups is 1. The van der Waals surface area contributed by atoms with Gasteiger partial charge in [-0.3, -0.25) is 9.20 Å². The summed E-state index contributed by atoms with van der Waals surface area (Å²) in [5, 5.41) is 19.5. The minimum atomic E-state index is -0.197. The topological polar surface area (TPSA) is 82.8 Å². The summed E-state index contributed by atoms with van der Waals surface area (Å²) >= 11 is 0. The third-order valence-corrected chi connectivity index (χ3v) is 3.55. The van der Waals surface area contributed by atoms with Crippen LogP contribution in [-0.4, -0.2) is 45.8 Å². The predicted octanol–water partition coefficient (Wildman–Crippen LogP) is 1.41. The first-order chi connectivity index (χ1) is 11.2. The summed E-state index contributed by atoms with van der Waals surface area (Å²) < 4.78 is 1.70. The molecular weight excluding hydrogens is 294 g/mol. The van der Waals surface area contributed by atoms with Gasteiger partial charge in [0, 0.05) is 31.2 Å². The van der Waals surface area contributed by atoms with E-state index in [9.17, 15) is 4.79 Å². The van der Waals surface area contributed by atoms with Crippen LogP contribution in [0.4, 0.5) is 11.4 Å². The minimum absolute atomic E-state index is 0.0978. The van der Waals surface area contributed by atoms with Gasteiger partial charge in [0.05, 0.1) is 12.2 Å². The zero-order valence-electron chi connectivity index (χ0n) is 12.7. The number of aliphatic hydroxyl groups excluding tert-OH is 1. The molecule has 0 atom stereocenters. The summed E-state index contributed by atoms with van der Waals surface area (Å²) in [5.41, 5.74) is 2.90.